The van der Waals surface area contributed by atoms with E-state index < -0.39 is 0 Å². The molecule has 4 rings (SSSR count). The van der Waals surface area contributed by atoms with Crippen molar-refractivity contribution in [2.24, 2.45) is 4.99 Å². The molecule has 0 unspecified atom stereocenters. The Bertz CT molecular complexity index is 1090. The molecule has 3 N–H and O–H groups in total. The second-order valence-corrected chi connectivity index (χ2v) is 9.83. The Morgan fingerprint density at radius 2 is 1.77 bits per heavy atom. The van der Waals surface area contributed by atoms with Crippen LogP contribution in [0.4, 0.5) is 5.69 Å². The number of nitrogens with zero attached hydrogens (tertiary/aromatic N) is 3. The van der Waals surface area contributed by atoms with Crippen molar-refractivity contribution in [2.75, 3.05) is 38.2 Å². The predicted octanol–water partition coefficient (Wildman–Crippen LogP) is 5.03. The van der Waals surface area contributed by atoms with E-state index in [9.17, 15) is 10.2 Å². The van der Waals surface area contributed by atoms with Crippen LogP contribution in [0.3, 0.4) is 0 Å². The van der Waals surface area contributed by atoms with Crippen LogP contribution in [-0.4, -0.2) is 60.3 Å². The monoisotopic (exact) mass is 478 g/mol. The van der Waals surface area contributed by atoms with Crippen molar-refractivity contribution < 1.29 is 14.9 Å². The van der Waals surface area contributed by atoms with Gasteiger partial charge in [0.2, 0.25) is 0 Å². The standard InChI is InChI=1S/C28H38N4O3/c1-19(2)23-17-24(26(34)18-25(23)33)27(30-3)32(22-11-10-20-8-7-9-21(20)16-22)28(29)35-15-14-31-12-5-4-6-13-31/h10-11,16-19,29,33-34H,4-9,12-15H2,1-3H3. The van der Waals surface area contributed by atoms with Gasteiger partial charge in [0.05, 0.1) is 11.3 Å². The van der Waals surface area contributed by atoms with Gasteiger partial charge >= 0.3 is 0 Å². The van der Waals surface area contributed by atoms with E-state index in [1.165, 1.54) is 36.5 Å². The second-order valence-electron chi connectivity index (χ2n) is 9.83. The van der Waals surface area contributed by atoms with Crippen LogP contribution in [0, 0.1) is 5.41 Å². The smallest absolute Gasteiger partial charge is 0.295 e. The Kier molecular flexibility index (Phi) is 7.96. The van der Waals surface area contributed by atoms with E-state index >= 15 is 0 Å². The SMILES string of the molecule is CN=C(c1cc(C(C)C)c(O)cc1O)N(C(=N)OCCN1CCCCC1)c1ccc2c(c1)CCC2. The summed E-state index contributed by atoms with van der Waals surface area (Å²) >= 11 is 0. The molecule has 0 bridgehead atoms. The average Bonchev–Trinajstić information content (AvgIpc) is 3.31. The van der Waals surface area contributed by atoms with Gasteiger partial charge in [-0.2, -0.15) is 0 Å². The first kappa shape index (κ1) is 25.0. The maximum absolute atomic E-state index is 10.8. The number of amidine groups is 2. The minimum absolute atomic E-state index is 0.0286. The molecule has 2 aliphatic rings. The first-order chi connectivity index (χ1) is 16.9. The summed E-state index contributed by atoms with van der Waals surface area (Å²) in [6, 6.07) is 9.32. The molecule has 0 radical (unpaired) electrons. The van der Waals surface area contributed by atoms with Crippen LogP contribution in [0.15, 0.2) is 35.3 Å². The van der Waals surface area contributed by atoms with Gasteiger partial charge in [-0.3, -0.25) is 15.3 Å². The number of rotatable bonds is 6. The molecule has 0 aromatic heterocycles. The Labute approximate surface area is 208 Å². The summed E-state index contributed by atoms with van der Waals surface area (Å²) in [5, 5.41) is 30.1. The number of hydrogen-bond donors (Lipinski definition) is 3. The number of aliphatic imine (C=N–C) groups is 1. The van der Waals surface area contributed by atoms with Crippen molar-refractivity contribution in [3.63, 3.8) is 0 Å². The first-order valence-electron chi connectivity index (χ1n) is 12.8. The summed E-state index contributed by atoms with van der Waals surface area (Å²) < 4.78 is 5.98. The quantitative estimate of drug-likeness (QED) is 0.400. The zero-order chi connectivity index (χ0) is 24.9. The number of anilines is 1. The molecule has 2 aromatic rings. The van der Waals surface area contributed by atoms with Gasteiger partial charge in [-0.1, -0.05) is 26.3 Å². The van der Waals surface area contributed by atoms with Crippen LogP contribution in [-0.2, 0) is 17.6 Å². The molecular formula is C28H38N4O3. The number of nitrogens with one attached hydrogen (secondary N) is 1. The predicted molar refractivity (Wildman–Crippen MR) is 141 cm³/mol. The van der Waals surface area contributed by atoms with Crippen LogP contribution in [0.2, 0.25) is 0 Å². The summed E-state index contributed by atoms with van der Waals surface area (Å²) in [4.78, 5) is 8.56. The van der Waals surface area contributed by atoms with E-state index in [2.05, 4.69) is 22.0 Å². The van der Waals surface area contributed by atoms with Crippen molar-refractivity contribution in [2.45, 2.75) is 58.3 Å². The van der Waals surface area contributed by atoms with Gasteiger partial charge in [0, 0.05) is 19.7 Å². The lowest BCUT2D eigenvalue weighted by molar-refractivity contribution is 0.176. The van der Waals surface area contributed by atoms with Gasteiger partial charge in [-0.25, -0.2) is 4.90 Å². The highest BCUT2D eigenvalue weighted by molar-refractivity contribution is 6.23. The van der Waals surface area contributed by atoms with Crippen molar-refractivity contribution in [1.82, 2.24) is 4.90 Å². The van der Waals surface area contributed by atoms with E-state index in [-0.39, 0.29) is 23.4 Å². The highest BCUT2D eigenvalue weighted by Crippen LogP contribution is 2.35. The number of aromatic hydroxyl groups is 2. The largest absolute Gasteiger partial charge is 0.508 e. The molecule has 0 spiro atoms. The molecule has 1 fully saturated rings. The summed E-state index contributed by atoms with van der Waals surface area (Å²) in [5.74, 6) is 0.430. The Balaban J connectivity index is 1.66. The average molecular weight is 479 g/mol. The number of ether oxygens (including phenoxy) is 1. The molecule has 1 aliphatic carbocycles. The third-order valence-corrected chi connectivity index (χ3v) is 7.07. The molecule has 1 heterocycles. The lowest BCUT2D eigenvalue weighted by Gasteiger charge is -2.29. The molecule has 7 heteroatoms. The third kappa shape index (κ3) is 5.61. The molecule has 0 saturated carbocycles. The van der Waals surface area contributed by atoms with Gasteiger partial charge in [-0.15, -0.1) is 0 Å². The summed E-state index contributed by atoms with van der Waals surface area (Å²) in [6.07, 6.45) is 6.93. The maximum atomic E-state index is 10.8. The molecule has 2 aromatic carbocycles. The number of likely N-dealkylation sites (tertiary alicyclic amines) is 1. The first-order valence-corrected chi connectivity index (χ1v) is 12.8. The zero-order valence-corrected chi connectivity index (χ0v) is 21.2. The fourth-order valence-corrected chi connectivity index (χ4v) is 5.13. The summed E-state index contributed by atoms with van der Waals surface area (Å²) in [6.45, 7) is 7.32. The van der Waals surface area contributed by atoms with E-state index in [1.807, 2.05) is 19.9 Å². The van der Waals surface area contributed by atoms with Crippen LogP contribution >= 0.6 is 0 Å². The number of phenolic OH excluding ortho intramolecular Hbond substituents is 2. The highest BCUT2D eigenvalue weighted by atomic mass is 16.5. The van der Waals surface area contributed by atoms with Gasteiger partial charge in [0.1, 0.15) is 23.9 Å². The minimum atomic E-state index is -0.0835. The lowest BCUT2D eigenvalue weighted by atomic mass is 9.98. The Morgan fingerprint density at radius 3 is 2.49 bits per heavy atom. The van der Waals surface area contributed by atoms with Gasteiger partial charge < -0.3 is 14.9 Å². The van der Waals surface area contributed by atoms with Crippen LogP contribution < -0.4 is 4.90 Å². The molecule has 1 aliphatic heterocycles. The summed E-state index contributed by atoms with van der Waals surface area (Å²) in [7, 11) is 1.65. The topological polar surface area (TPSA) is 92.4 Å². The van der Waals surface area contributed by atoms with Crippen molar-refractivity contribution in [3.05, 3.63) is 52.6 Å². The van der Waals surface area contributed by atoms with E-state index in [4.69, 9.17) is 10.1 Å². The van der Waals surface area contributed by atoms with Crippen LogP contribution in [0.5, 0.6) is 11.5 Å². The molecule has 188 valence electrons. The second kappa shape index (κ2) is 11.1. The third-order valence-electron chi connectivity index (χ3n) is 7.07. The van der Waals surface area contributed by atoms with Crippen molar-refractivity contribution in [3.8, 4) is 11.5 Å². The number of benzene rings is 2. The molecule has 35 heavy (non-hydrogen) atoms. The summed E-state index contributed by atoms with van der Waals surface area (Å²) in [5.41, 5.74) is 4.58. The maximum Gasteiger partial charge on any atom is 0.295 e. The van der Waals surface area contributed by atoms with E-state index in [0.717, 1.165) is 44.6 Å². The van der Waals surface area contributed by atoms with Gasteiger partial charge in [0.25, 0.3) is 6.02 Å². The fourth-order valence-electron chi connectivity index (χ4n) is 5.13. The number of piperidine rings is 1. The molecular weight excluding hydrogens is 440 g/mol. The van der Waals surface area contributed by atoms with Crippen LogP contribution in [0.25, 0.3) is 0 Å². The Morgan fingerprint density at radius 1 is 1.03 bits per heavy atom. The lowest BCUT2D eigenvalue weighted by Crippen LogP contribution is -2.40. The van der Waals surface area contributed by atoms with E-state index in [0.29, 0.717) is 23.6 Å². The van der Waals surface area contributed by atoms with Crippen molar-refractivity contribution in [1.29, 1.82) is 5.41 Å². The Hall–Kier alpha value is -3.06. The molecule has 7 nitrogen and oxygen atoms in total. The molecule has 0 amide bonds. The number of aryl methyl sites for hydroxylation is 2. The van der Waals surface area contributed by atoms with Crippen molar-refractivity contribution >= 4 is 17.5 Å². The number of hydrogen-bond acceptors (Lipinski definition) is 6. The molecule has 0 atom stereocenters. The highest BCUT2D eigenvalue weighted by Gasteiger charge is 2.27. The van der Waals surface area contributed by atoms with E-state index in [1.54, 1.807) is 18.0 Å². The fraction of sp³-hybridized carbons (Fsp3) is 0.500. The number of fused-ring (bicyclic) bond motifs is 1. The zero-order valence-electron chi connectivity index (χ0n) is 21.2. The number of phenols is 2. The normalized spacial score (nSPS) is 16.4. The van der Waals surface area contributed by atoms with Crippen LogP contribution in [0.1, 0.15) is 67.7 Å². The molecule has 1 saturated heterocycles. The minimum Gasteiger partial charge on any atom is -0.508 e. The van der Waals surface area contributed by atoms with Gasteiger partial charge in [0.15, 0.2) is 0 Å². The van der Waals surface area contributed by atoms with Gasteiger partial charge in [-0.05, 0) is 86.0 Å².